The third kappa shape index (κ3) is 5.04. The number of fused-ring (bicyclic) bond motifs is 3. The average molecular weight is 436 g/mol. The largest absolute Gasteiger partial charge is 0.494 e. The van der Waals surface area contributed by atoms with Crippen molar-refractivity contribution < 1.29 is 33.2 Å². The third-order valence-corrected chi connectivity index (χ3v) is 5.55. The topological polar surface area (TPSA) is 84.5 Å². The summed E-state index contributed by atoms with van der Waals surface area (Å²) in [6, 6.07) is 7.31. The molecule has 3 saturated heterocycles. The number of hydrogen-bond donors (Lipinski definition) is 1. The lowest BCUT2D eigenvalue weighted by molar-refractivity contribution is -0.229. The Kier molecular flexibility index (Phi) is 6.29. The van der Waals surface area contributed by atoms with Crippen LogP contribution in [0.2, 0.25) is 0 Å². The van der Waals surface area contributed by atoms with E-state index in [9.17, 15) is 4.79 Å². The lowest BCUT2D eigenvalue weighted by atomic mass is 9.98. The zero-order valence-corrected chi connectivity index (χ0v) is 18.9. The summed E-state index contributed by atoms with van der Waals surface area (Å²) in [5.41, 5.74) is 0.648. The second-order valence-electron chi connectivity index (χ2n) is 9.16. The van der Waals surface area contributed by atoms with Gasteiger partial charge in [0.15, 0.2) is 24.0 Å². The van der Waals surface area contributed by atoms with E-state index in [0.29, 0.717) is 12.3 Å². The second kappa shape index (κ2) is 8.67. The summed E-state index contributed by atoms with van der Waals surface area (Å²) in [7, 11) is 0. The van der Waals surface area contributed by atoms with Crippen LogP contribution in [0, 0.1) is 0 Å². The van der Waals surface area contributed by atoms with Gasteiger partial charge in [-0.25, -0.2) is 0 Å². The average Bonchev–Trinajstić information content (AvgIpc) is 3.19. The lowest BCUT2D eigenvalue weighted by Crippen LogP contribution is -2.58. The molecule has 8 heteroatoms. The summed E-state index contributed by atoms with van der Waals surface area (Å²) < 4.78 is 35.6. The van der Waals surface area contributed by atoms with E-state index < -0.39 is 42.3 Å². The molecule has 1 aromatic rings. The summed E-state index contributed by atoms with van der Waals surface area (Å²) >= 11 is 0. The molecule has 0 aliphatic carbocycles. The molecule has 1 amide bonds. The summed E-state index contributed by atoms with van der Waals surface area (Å²) in [5, 5.41) is 2.90. The minimum absolute atomic E-state index is 0.320. The number of ether oxygens (including phenoxy) is 6. The molecular formula is C23H33NO7. The van der Waals surface area contributed by atoms with Crippen LogP contribution >= 0.6 is 0 Å². The summed E-state index contributed by atoms with van der Waals surface area (Å²) in [4.78, 5) is 13.1. The van der Waals surface area contributed by atoms with Crippen LogP contribution in [-0.4, -0.2) is 54.8 Å². The Morgan fingerprint density at radius 1 is 0.935 bits per heavy atom. The number of amides is 1. The molecular weight excluding hydrogens is 402 g/mol. The summed E-state index contributed by atoms with van der Waals surface area (Å²) in [6.45, 7) is 10.1. The van der Waals surface area contributed by atoms with Crippen molar-refractivity contribution in [3.8, 4) is 5.75 Å². The van der Waals surface area contributed by atoms with Gasteiger partial charge in [0.1, 0.15) is 24.1 Å². The highest BCUT2D eigenvalue weighted by Gasteiger charge is 2.62. The molecule has 0 aromatic heterocycles. The van der Waals surface area contributed by atoms with Crippen molar-refractivity contribution in [2.24, 2.45) is 0 Å². The van der Waals surface area contributed by atoms with Gasteiger partial charge >= 0.3 is 0 Å². The monoisotopic (exact) mass is 435 g/mol. The van der Waals surface area contributed by atoms with Gasteiger partial charge in [-0.05, 0) is 58.4 Å². The number of nitrogens with one attached hydrogen (secondary N) is 1. The molecule has 0 radical (unpaired) electrons. The predicted molar refractivity (Wildman–Crippen MR) is 113 cm³/mol. The zero-order chi connectivity index (χ0) is 22.2. The Hall–Kier alpha value is -1.71. The standard InChI is InChI=1S/C23H33NO7/c1-6-7-8-13-26-15-11-9-14(10-12-15)24-20(25)18-16-17(29-22(2,3)28-16)19-21(27-18)31-23(4,5)30-19/h9-12,16-19,21H,6-8,13H2,1-5H3,(H,24,25)/t16-,17+,18+,19-,21-/m1/s1. The molecule has 0 saturated carbocycles. The first-order valence-corrected chi connectivity index (χ1v) is 11.1. The van der Waals surface area contributed by atoms with Gasteiger partial charge in [-0.2, -0.15) is 0 Å². The molecule has 1 N–H and O–H groups in total. The van der Waals surface area contributed by atoms with Gasteiger partial charge in [0.25, 0.3) is 5.91 Å². The number of unbranched alkanes of at least 4 members (excludes halogenated alkanes) is 2. The highest BCUT2D eigenvalue weighted by molar-refractivity contribution is 5.94. The molecule has 31 heavy (non-hydrogen) atoms. The molecule has 0 unspecified atom stereocenters. The van der Waals surface area contributed by atoms with Gasteiger partial charge in [-0.3, -0.25) is 4.79 Å². The zero-order valence-electron chi connectivity index (χ0n) is 18.9. The molecule has 1 aromatic carbocycles. The van der Waals surface area contributed by atoms with Crippen molar-refractivity contribution in [3.63, 3.8) is 0 Å². The van der Waals surface area contributed by atoms with Gasteiger partial charge in [-0.15, -0.1) is 0 Å². The number of benzene rings is 1. The number of anilines is 1. The Morgan fingerprint density at radius 2 is 1.58 bits per heavy atom. The highest BCUT2D eigenvalue weighted by atomic mass is 16.9. The first kappa shape index (κ1) is 22.5. The van der Waals surface area contributed by atoms with Crippen LogP contribution in [-0.2, 0) is 28.5 Å². The van der Waals surface area contributed by atoms with Crippen molar-refractivity contribution in [3.05, 3.63) is 24.3 Å². The fourth-order valence-electron chi connectivity index (χ4n) is 4.21. The number of carbonyl (C=O) groups is 1. The van der Waals surface area contributed by atoms with Crippen molar-refractivity contribution >= 4 is 11.6 Å². The summed E-state index contributed by atoms with van der Waals surface area (Å²) in [5.74, 6) is -1.22. The molecule has 0 spiro atoms. The van der Waals surface area contributed by atoms with E-state index in [-0.39, 0.29) is 5.91 Å². The van der Waals surface area contributed by atoms with Crippen molar-refractivity contribution in [1.82, 2.24) is 0 Å². The number of hydrogen-bond acceptors (Lipinski definition) is 7. The Labute approximate surface area is 183 Å². The SMILES string of the molecule is CCCCCOc1ccc(NC(=O)[C@H]2O[C@@H]3OC(C)(C)O[C@@H]3[C@H]3OC(C)(C)O[C@H]32)cc1. The van der Waals surface area contributed by atoms with Gasteiger partial charge in [0, 0.05) is 5.69 Å². The van der Waals surface area contributed by atoms with Crippen molar-refractivity contribution in [2.45, 2.75) is 96.2 Å². The maximum absolute atomic E-state index is 13.1. The minimum Gasteiger partial charge on any atom is -0.494 e. The highest BCUT2D eigenvalue weighted by Crippen LogP contribution is 2.44. The molecule has 3 aliphatic rings. The molecule has 172 valence electrons. The minimum atomic E-state index is -0.893. The van der Waals surface area contributed by atoms with Crippen LogP contribution in [0.5, 0.6) is 5.75 Å². The molecule has 4 rings (SSSR count). The van der Waals surface area contributed by atoms with E-state index in [4.69, 9.17) is 28.4 Å². The van der Waals surface area contributed by atoms with E-state index in [0.717, 1.165) is 25.0 Å². The third-order valence-electron chi connectivity index (χ3n) is 5.55. The lowest BCUT2D eigenvalue weighted by Gasteiger charge is -2.36. The molecule has 0 bridgehead atoms. The fraction of sp³-hybridized carbons (Fsp3) is 0.696. The molecule has 3 aliphatic heterocycles. The fourth-order valence-corrected chi connectivity index (χ4v) is 4.21. The van der Waals surface area contributed by atoms with Crippen LogP contribution in [0.1, 0.15) is 53.9 Å². The molecule has 3 fully saturated rings. The molecule has 3 heterocycles. The molecule has 8 nitrogen and oxygen atoms in total. The van der Waals surface area contributed by atoms with Crippen LogP contribution < -0.4 is 10.1 Å². The van der Waals surface area contributed by atoms with E-state index in [1.54, 1.807) is 0 Å². The molecule has 5 atom stereocenters. The Balaban J connectivity index is 1.42. The van der Waals surface area contributed by atoms with Crippen LogP contribution in [0.4, 0.5) is 5.69 Å². The van der Waals surface area contributed by atoms with E-state index in [1.165, 1.54) is 0 Å². The maximum atomic E-state index is 13.1. The Morgan fingerprint density at radius 3 is 2.29 bits per heavy atom. The maximum Gasteiger partial charge on any atom is 0.256 e. The first-order valence-electron chi connectivity index (χ1n) is 11.1. The van der Waals surface area contributed by atoms with Gasteiger partial charge in [0.2, 0.25) is 0 Å². The quantitative estimate of drug-likeness (QED) is 0.655. The first-order chi connectivity index (χ1) is 14.7. The van der Waals surface area contributed by atoms with E-state index >= 15 is 0 Å². The van der Waals surface area contributed by atoms with Crippen LogP contribution in [0.25, 0.3) is 0 Å². The van der Waals surface area contributed by atoms with Crippen molar-refractivity contribution in [2.75, 3.05) is 11.9 Å². The number of rotatable bonds is 7. The van der Waals surface area contributed by atoms with Crippen LogP contribution in [0.15, 0.2) is 24.3 Å². The summed E-state index contributed by atoms with van der Waals surface area (Å²) in [6.07, 6.45) is 0.198. The normalized spacial score (nSPS) is 32.9. The van der Waals surface area contributed by atoms with Crippen molar-refractivity contribution in [1.29, 1.82) is 0 Å². The smallest absolute Gasteiger partial charge is 0.256 e. The van der Waals surface area contributed by atoms with E-state index in [2.05, 4.69) is 12.2 Å². The number of carbonyl (C=O) groups excluding carboxylic acids is 1. The Bertz CT molecular complexity index is 779. The van der Waals surface area contributed by atoms with Gasteiger partial charge < -0.3 is 33.7 Å². The van der Waals surface area contributed by atoms with Gasteiger partial charge in [-0.1, -0.05) is 19.8 Å². The predicted octanol–water partition coefficient (Wildman–Crippen LogP) is 3.59. The second-order valence-corrected chi connectivity index (χ2v) is 9.16. The van der Waals surface area contributed by atoms with Crippen LogP contribution in [0.3, 0.4) is 0 Å². The van der Waals surface area contributed by atoms with Gasteiger partial charge in [0.05, 0.1) is 6.61 Å². The van der Waals surface area contributed by atoms with E-state index in [1.807, 2.05) is 52.0 Å².